The van der Waals surface area contributed by atoms with Crippen LogP contribution in [0, 0.1) is 25.2 Å². The molecule has 1 aromatic heterocycles. The van der Waals surface area contributed by atoms with E-state index in [1.165, 1.54) is 6.08 Å². The maximum Gasteiger partial charge on any atom is 0.338 e. The number of nitrogens with zero attached hydrogens (tertiary/aromatic N) is 2. The van der Waals surface area contributed by atoms with Crippen molar-refractivity contribution in [1.29, 1.82) is 5.26 Å². The standard InChI is InChI=1S/C22H20ClN3O3/c1-5-8-28-22(27)17-13(4)29-21(25)16(10-24)18(17)15-9-14-7-6-11(2)12(3)19(14)26-20(15)23/h5-7,9,18H,1,8,25H2,2-4H3/t18-/m1/s1. The van der Waals surface area contributed by atoms with Gasteiger partial charge in [-0.2, -0.15) is 5.26 Å². The smallest absolute Gasteiger partial charge is 0.338 e. The highest BCUT2D eigenvalue weighted by Gasteiger charge is 2.38. The van der Waals surface area contributed by atoms with Gasteiger partial charge in [-0.3, -0.25) is 0 Å². The number of ether oxygens (including phenoxy) is 2. The van der Waals surface area contributed by atoms with Crippen LogP contribution in [0.3, 0.4) is 0 Å². The van der Waals surface area contributed by atoms with E-state index in [0.29, 0.717) is 5.56 Å². The number of halogens is 1. The molecular weight excluding hydrogens is 390 g/mol. The van der Waals surface area contributed by atoms with Crippen LogP contribution in [-0.2, 0) is 14.3 Å². The fraction of sp³-hybridized carbons (Fsp3) is 0.227. The van der Waals surface area contributed by atoms with E-state index in [4.69, 9.17) is 26.8 Å². The summed E-state index contributed by atoms with van der Waals surface area (Å²) in [5, 5.41) is 10.7. The van der Waals surface area contributed by atoms with Crippen molar-refractivity contribution in [2.24, 2.45) is 5.73 Å². The predicted octanol–water partition coefficient (Wildman–Crippen LogP) is 4.32. The molecule has 0 saturated heterocycles. The van der Waals surface area contributed by atoms with E-state index in [1.54, 1.807) is 6.92 Å². The molecule has 6 nitrogen and oxygen atoms in total. The van der Waals surface area contributed by atoms with Gasteiger partial charge in [-0.15, -0.1) is 0 Å². The molecule has 2 N–H and O–H groups in total. The summed E-state index contributed by atoms with van der Waals surface area (Å²) in [5.41, 5.74) is 9.52. The van der Waals surface area contributed by atoms with Gasteiger partial charge in [0.1, 0.15) is 29.2 Å². The molecule has 1 aliphatic rings. The molecule has 1 aromatic carbocycles. The minimum absolute atomic E-state index is 0.0194. The third-order valence-corrected chi connectivity index (χ3v) is 5.26. The van der Waals surface area contributed by atoms with E-state index >= 15 is 0 Å². The Bertz CT molecular complexity index is 1140. The van der Waals surface area contributed by atoms with Gasteiger partial charge in [-0.1, -0.05) is 36.4 Å². The summed E-state index contributed by atoms with van der Waals surface area (Å²) in [5.74, 6) is -1.32. The van der Waals surface area contributed by atoms with Gasteiger partial charge in [0.2, 0.25) is 5.88 Å². The quantitative estimate of drug-likeness (QED) is 0.458. The van der Waals surface area contributed by atoms with E-state index in [-0.39, 0.29) is 34.5 Å². The van der Waals surface area contributed by atoms with E-state index in [9.17, 15) is 10.1 Å². The first-order valence-electron chi connectivity index (χ1n) is 8.92. The Morgan fingerprint density at radius 2 is 2.17 bits per heavy atom. The Morgan fingerprint density at radius 1 is 1.45 bits per heavy atom. The number of fused-ring (bicyclic) bond motifs is 1. The third-order valence-electron chi connectivity index (χ3n) is 4.96. The second-order valence-corrected chi connectivity index (χ2v) is 7.09. The molecule has 1 aliphatic heterocycles. The summed E-state index contributed by atoms with van der Waals surface area (Å²) in [4.78, 5) is 17.3. The molecule has 0 saturated carbocycles. The molecule has 0 amide bonds. The van der Waals surface area contributed by atoms with Crippen LogP contribution >= 0.6 is 11.6 Å². The number of hydrogen-bond acceptors (Lipinski definition) is 6. The van der Waals surface area contributed by atoms with Crippen molar-refractivity contribution in [3.8, 4) is 6.07 Å². The van der Waals surface area contributed by atoms with Gasteiger partial charge in [0.05, 0.1) is 17.0 Å². The number of hydrogen-bond donors (Lipinski definition) is 1. The molecule has 0 radical (unpaired) electrons. The van der Waals surface area contributed by atoms with Crippen LogP contribution in [0.25, 0.3) is 10.9 Å². The van der Waals surface area contributed by atoms with Gasteiger partial charge in [-0.05, 0) is 38.0 Å². The zero-order chi connectivity index (χ0) is 21.3. The largest absolute Gasteiger partial charge is 0.458 e. The lowest BCUT2D eigenvalue weighted by molar-refractivity contribution is -0.138. The molecule has 2 aromatic rings. The summed E-state index contributed by atoms with van der Waals surface area (Å²) in [7, 11) is 0. The lowest BCUT2D eigenvalue weighted by atomic mass is 9.83. The number of aromatic nitrogens is 1. The SMILES string of the molecule is C=CCOC(=O)C1=C(C)OC(N)=C(C#N)[C@H]1c1cc2ccc(C)c(C)c2nc1Cl. The maximum atomic E-state index is 12.7. The number of pyridine rings is 1. The number of nitrogens with two attached hydrogens (primary N) is 1. The van der Waals surface area contributed by atoms with Crippen LogP contribution in [0.4, 0.5) is 0 Å². The molecule has 0 unspecified atom stereocenters. The number of carbonyl (C=O) groups is 1. The van der Waals surface area contributed by atoms with E-state index < -0.39 is 11.9 Å². The number of benzene rings is 1. The lowest BCUT2D eigenvalue weighted by Gasteiger charge is -2.27. The van der Waals surface area contributed by atoms with Crippen LogP contribution < -0.4 is 5.73 Å². The number of rotatable bonds is 4. The second kappa shape index (κ2) is 7.98. The number of esters is 1. The van der Waals surface area contributed by atoms with Crippen molar-refractivity contribution in [3.63, 3.8) is 0 Å². The number of carbonyl (C=O) groups excluding carboxylic acids is 1. The number of allylic oxidation sites excluding steroid dienone is 2. The topological polar surface area (TPSA) is 98.2 Å². The zero-order valence-corrected chi connectivity index (χ0v) is 17.1. The molecular formula is C22H20ClN3O3. The molecule has 2 heterocycles. The normalized spacial score (nSPS) is 16.4. The highest BCUT2D eigenvalue weighted by Crippen LogP contribution is 2.42. The van der Waals surface area contributed by atoms with E-state index in [2.05, 4.69) is 11.6 Å². The van der Waals surface area contributed by atoms with Crippen LogP contribution in [-0.4, -0.2) is 17.6 Å². The fourth-order valence-electron chi connectivity index (χ4n) is 3.35. The Morgan fingerprint density at radius 3 is 2.83 bits per heavy atom. The van der Waals surface area contributed by atoms with E-state index in [0.717, 1.165) is 22.0 Å². The minimum Gasteiger partial charge on any atom is -0.458 e. The van der Waals surface area contributed by atoms with Gasteiger partial charge in [0, 0.05) is 10.9 Å². The van der Waals surface area contributed by atoms with Crippen LogP contribution in [0.2, 0.25) is 5.15 Å². The summed E-state index contributed by atoms with van der Waals surface area (Å²) in [6.07, 6.45) is 1.46. The summed E-state index contributed by atoms with van der Waals surface area (Å²) in [6, 6.07) is 7.77. The molecule has 3 rings (SSSR count). The van der Waals surface area contributed by atoms with Gasteiger partial charge in [0.15, 0.2) is 0 Å². The highest BCUT2D eigenvalue weighted by molar-refractivity contribution is 6.31. The Labute approximate surface area is 173 Å². The van der Waals surface area contributed by atoms with Crippen LogP contribution in [0.5, 0.6) is 0 Å². The molecule has 0 spiro atoms. The van der Waals surface area contributed by atoms with Gasteiger partial charge in [0.25, 0.3) is 0 Å². The highest BCUT2D eigenvalue weighted by atomic mass is 35.5. The molecule has 0 aliphatic carbocycles. The molecule has 148 valence electrons. The summed E-state index contributed by atoms with van der Waals surface area (Å²) < 4.78 is 10.7. The van der Waals surface area contributed by atoms with Crippen LogP contribution in [0.1, 0.15) is 29.5 Å². The molecule has 0 fully saturated rings. The first kappa shape index (κ1) is 20.4. The molecule has 1 atom stereocenters. The second-order valence-electron chi connectivity index (χ2n) is 6.73. The van der Waals surface area contributed by atoms with Crippen molar-refractivity contribution in [3.05, 3.63) is 75.5 Å². The van der Waals surface area contributed by atoms with E-state index in [1.807, 2.05) is 38.1 Å². The first-order chi connectivity index (χ1) is 13.8. The first-order valence-corrected chi connectivity index (χ1v) is 9.30. The molecule has 29 heavy (non-hydrogen) atoms. The zero-order valence-electron chi connectivity index (χ0n) is 16.4. The van der Waals surface area contributed by atoms with Gasteiger partial charge >= 0.3 is 5.97 Å². The van der Waals surface area contributed by atoms with Crippen LogP contribution in [0.15, 0.2) is 53.6 Å². The number of aryl methyl sites for hydroxylation is 2. The van der Waals surface area contributed by atoms with Crippen molar-refractivity contribution in [2.75, 3.05) is 6.61 Å². The average Bonchev–Trinajstić information content (AvgIpc) is 2.68. The average molecular weight is 410 g/mol. The van der Waals surface area contributed by atoms with Gasteiger partial charge < -0.3 is 15.2 Å². The van der Waals surface area contributed by atoms with Crippen molar-refractivity contribution < 1.29 is 14.3 Å². The molecule has 7 heteroatoms. The monoisotopic (exact) mass is 409 g/mol. The maximum absolute atomic E-state index is 12.7. The summed E-state index contributed by atoms with van der Waals surface area (Å²) in [6.45, 7) is 9.12. The lowest BCUT2D eigenvalue weighted by Crippen LogP contribution is -2.26. The van der Waals surface area contributed by atoms with Crippen molar-refractivity contribution >= 4 is 28.5 Å². The third kappa shape index (κ3) is 3.57. The Hall–Kier alpha value is -3.30. The minimum atomic E-state index is -0.850. The number of nitriles is 1. The van der Waals surface area contributed by atoms with Crippen molar-refractivity contribution in [2.45, 2.75) is 26.7 Å². The fourth-order valence-corrected chi connectivity index (χ4v) is 3.60. The summed E-state index contributed by atoms with van der Waals surface area (Å²) >= 11 is 6.54. The Balaban J connectivity index is 2.26. The van der Waals surface area contributed by atoms with Gasteiger partial charge in [-0.25, -0.2) is 9.78 Å². The molecule has 0 bridgehead atoms. The predicted molar refractivity (Wildman–Crippen MR) is 111 cm³/mol. The van der Waals surface area contributed by atoms with Crippen molar-refractivity contribution in [1.82, 2.24) is 4.98 Å². The Kier molecular flexibility index (Phi) is 5.62.